The summed E-state index contributed by atoms with van der Waals surface area (Å²) in [4.78, 5) is 1.11. The van der Waals surface area contributed by atoms with Crippen molar-refractivity contribution in [2.45, 2.75) is 6.42 Å². The van der Waals surface area contributed by atoms with Crippen molar-refractivity contribution in [3.63, 3.8) is 0 Å². The zero-order valence-corrected chi connectivity index (χ0v) is 9.37. The molecule has 0 bridgehead atoms. The van der Waals surface area contributed by atoms with Crippen LogP contribution in [0.4, 0.5) is 5.82 Å². The number of thiophene rings is 1. The average Bonchev–Trinajstić information content (AvgIpc) is 2.84. The van der Waals surface area contributed by atoms with Crippen LogP contribution >= 0.6 is 11.3 Å². The fourth-order valence-corrected chi connectivity index (χ4v) is 1.92. The lowest BCUT2D eigenvalue weighted by Gasteiger charge is -2.02. The SMILES string of the molecule is N#CCCNc1ccc(-c2cccs2)nn1. The van der Waals surface area contributed by atoms with Gasteiger partial charge in [-0.3, -0.25) is 0 Å². The molecule has 2 heterocycles. The molecule has 4 nitrogen and oxygen atoms in total. The van der Waals surface area contributed by atoms with Gasteiger partial charge in [-0.05, 0) is 23.6 Å². The van der Waals surface area contributed by atoms with Gasteiger partial charge in [0.05, 0.1) is 17.4 Å². The third-order valence-electron chi connectivity index (χ3n) is 1.98. The van der Waals surface area contributed by atoms with Crippen molar-refractivity contribution in [2.24, 2.45) is 0 Å². The van der Waals surface area contributed by atoms with Gasteiger partial charge in [0.1, 0.15) is 11.5 Å². The molecule has 0 aliphatic heterocycles. The topological polar surface area (TPSA) is 61.6 Å². The van der Waals surface area contributed by atoms with Gasteiger partial charge in [0.15, 0.2) is 0 Å². The molecular weight excluding hydrogens is 220 g/mol. The first kappa shape index (κ1) is 10.6. The van der Waals surface area contributed by atoms with Crippen molar-refractivity contribution >= 4 is 17.2 Å². The second-order valence-corrected chi connectivity index (χ2v) is 4.06. The smallest absolute Gasteiger partial charge is 0.148 e. The minimum atomic E-state index is 0.467. The number of rotatable bonds is 4. The molecule has 5 heteroatoms. The summed E-state index contributed by atoms with van der Waals surface area (Å²) in [6.45, 7) is 0.601. The normalized spacial score (nSPS) is 9.69. The van der Waals surface area contributed by atoms with Crippen LogP contribution in [0.1, 0.15) is 6.42 Å². The van der Waals surface area contributed by atoms with Gasteiger partial charge in [0.25, 0.3) is 0 Å². The van der Waals surface area contributed by atoms with E-state index in [4.69, 9.17) is 5.26 Å². The van der Waals surface area contributed by atoms with Crippen LogP contribution in [0, 0.1) is 11.3 Å². The summed E-state index contributed by atoms with van der Waals surface area (Å²) in [5.41, 5.74) is 0.876. The standard InChI is InChI=1S/C11H10N4S/c12-6-2-7-13-11-5-4-9(14-15-11)10-3-1-8-16-10/h1,3-5,8H,2,7H2,(H,13,15). The first-order valence-electron chi connectivity index (χ1n) is 4.88. The molecule has 2 aromatic heterocycles. The van der Waals surface area contributed by atoms with E-state index >= 15 is 0 Å². The van der Waals surface area contributed by atoms with E-state index < -0.39 is 0 Å². The van der Waals surface area contributed by atoms with Crippen molar-refractivity contribution in [3.8, 4) is 16.6 Å². The Bertz CT molecular complexity index is 470. The van der Waals surface area contributed by atoms with E-state index in [9.17, 15) is 0 Å². The second kappa shape index (κ2) is 5.24. The summed E-state index contributed by atoms with van der Waals surface area (Å²) in [6, 6.07) is 9.86. The number of nitrogens with zero attached hydrogens (tertiary/aromatic N) is 3. The molecule has 80 valence electrons. The Morgan fingerprint density at radius 2 is 2.25 bits per heavy atom. The molecule has 0 spiro atoms. The van der Waals surface area contributed by atoms with Crippen molar-refractivity contribution < 1.29 is 0 Å². The van der Waals surface area contributed by atoms with Gasteiger partial charge in [0, 0.05) is 6.54 Å². The number of nitrogens with one attached hydrogen (secondary N) is 1. The lowest BCUT2D eigenvalue weighted by atomic mass is 10.3. The van der Waals surface area contributed by atoms with Crippen molar-refractivity contribution in [3.05, 3.63) is 29.6 Å². The molecule has 0 fully saturated rings. The van der Waals surface area contributed by atoms with Crippen LogP contribution in [0.25, 0.3) is 10.6 Å². The molecule has 0 radical (unpaired) electrons. The van der Waals surface area contributed by atoms with Gasteiger partial charge in [0.2, 0.25) is 0 Å². The van der Waals surface area contributed by atoms with Crippen LogP contribution < -0.4 is 5.32 Å². The number of nitriles is 1. The van der Waals surface area contributed by atoms with E-state index in [1.165, 1.54) is 0 Å². The molecule has 0 saturated heterocycles. The summed E-state index contributed by atoms with van der Waals surface area (Å²) >= 11 is 1.64. The highest BCUT2D eigenvalue weighted by molar-refractivity contribution is 7.13. The number of hydrogen-bond donors (Lipinski definition) is 1. The Balaban J connectivity index is 2.03. The molecular formula is C11H10N4S. The molecule has 0 aliphatic rings. The monoisotopic (exact) mass is 230 g/mol. The van der Waals surface area contributed by atoms with Crippen LogP contribution in [0.5, 0.6) is 0 Å². The summed E-state index contributed by atoms with van der Waals surface area (Å²) < 4.78 is 0. The molecule has 0 saturated carbocycles. The van der Waals surface area contributed by atoms with E-state index in [0.717, 1.165) is 10.6 Å². The maximum atomic E-state index is 8.39. The highest BCUT2D eigenvalue weighted by Crippen LogP contribution is 2.22. The lowest BCUT2D eigenvalue weighted by molar-refractivity contribution is 0.994. The predicted molar refractivity (Wildman–Crippen MR) is 64.1 cm³/mol. The predicted octanol–water partition coefficient (Wildman–Crippen LogP) is 2.53. The van der Waals surface area contributed by atoms with Crippen LogP contribution in [-0.4, -0.2) is 16.7 Å². The van der Waals surface area contributed by atoms with E-state index in [2.05, 4.69) is 21.6 Å². The Labute approximate surface area is 97.6 Å². The molecule has 0 unspecified atom stereocenters. The molecule has 0 aromatic carbocycles. The van der Waals surface area contributed by atoms with Crippen molar-refractivity contribution in [1.29, 1.82) is 5.26 Å². The Hall–Kier alpha value is -1.93. The fourth-order valence-electron chi connectivity index (χ4n) is 1.23. The third kappa shape index (κ3) is 2.55. The molecule has 0 atom stereocenters. The van der Waals surface area contributed by atoms with Gasteiger partial charge < -0.3 is 5.32 Å². The van der Waals surface area contributed by atoms with E-state index in [1.807, 2.05) is 29.6 Å². The summed E-state index contributed by atoms with van der Waals surface area (Å²) in [5, 5.41) is 21.6. The average molecular weight is 230 g/mol. The first-order chi connectivity index (χ1) is 7.90. The van der Waals surface area contributed by atoms with Gasteiger partial charge >= 0.3 is 0 Å². The Morgan fingerprint density at radius 3 is 2.88 bits per heavy atom. The fraction of sp³-hybridized carbons (Fsp3) is 0.182. The highest BCUT2D eigenvalue weighted by Gasteiger charge is 2.01. The van der Waals surface area contributed by atoms with E-state index in [1.54, 1.807) is 11.3 Å². The van der Waals surface area contributed by atoms with Gasteiger partial charge in [-0.25, -0.2) is 0 Å². The second-order valence-electron chi connectivity index (χ2n) is 3.12. The summed E-state index contributed by atoms with van der Waals surface area (Å²) in [6.07, 6.45) is 0.467. The van der Waals surface area contributed by atoms with Crippen molar-refractivity contribution in [2.75, 3.05) is 11.9 Å². The lowest BCUT2D eigenvalue weighted by Crippen LogP contribution is -2.03. The molecule has 16 heavy (non-hydrogen) atoms. The molecule has 1 N–H and O–H groups in total. The first-order valence-corrected chi connectivity index (χ1v) is 5.76. The van der Waals surface area contributed by atoms with Gasteiger partial charge in [-0.15, -0.1) is 21.5 Å². The molecule has 2 aromatic rings. The maximum absolute atomic E-state index is 8.39. The number of hydrogen-bond acceptors (Lipinski definition) is 5. The minimum Gasteiger partial charge on any atom is -0.368 e. The largest absolute Gasteiger partial charge is 0.368 e. The molecule has 2 rings (SSSR count). The molecule has 0 amide bonds. The summed E-state index contributed by atoms with van der Waals surface area (Å²) in [5.74, 6) is 0.704. The minimum absolute atomic E-state index is 0.467. The van der Waals surface area contributed by atoms with Crippen LogP contribution in [0.2, 0.25) is 0 Å². The zero-order valence-electron chi connectivity index (χ0n) is 8.55. The zero-order chi connectivity index (χ0) is 11.2. The van der Waals surface area contributed by atoms with Gasteiger partial charge in [-0.2, -0.15) is 5.26 Å². The quantitative estimate of drug-likeness (QED) is 0.820. The Kier molecular flexibility index (Phi) is 3.46. The number of anilines is 1. The third-order valence-corrected chi connectivity index (χ3v) is 2.87. The Morgan fingerprint density at radius 1 is 1.31 bits per heavy atom. The van der Waals surface area contributed by atoms with E-state index in [-0.39, 0.29) is 0 Å². The van der Waals surface area contributed by atoms with Crippen LogP contribution in [0.15, 0.2) is 29.6 Å². The maximum Gasteiger partial charge on any atom is 0.148 e. The van der Waals surface area contributed by atoms with Crippen LogP contribution in [0.3, 0.4) is 0 Å². The molecule has 0 aliphatic carbocycles. The number of aromatic nitrogens is 2. The van der Waals surface area contributed by atoms with Gasteiger partial charge in [-0.1, -0.05) is 6.07 Å². The van der Waals surface area contributed by atoms with E-state index in [0.29, 0.717) is 18.8 Å². The highest BCUT2D eigenvalue weighted by atomic mass is 32.1. The summed E-state index contributed by atoms with van der Waals surface area (Å²) in [7, 11) is 0. The van der Waals surface area contributed by atoms with Crippen LogP contribution in [-0.2, 0) is 0 Å². The van der Waals surface area contributed by atoms with Crippen molar-refractivity contribution in [1.82, 2.24) is 10.2 Å².